The highest BCUT2D eigenvalue weighted by Gasteiger charge is 2.39. The van der Waals surface area contributed by atoms with Gasteiger partial charge in [-0.25, -0.2) is 9.29 Å². The lowest BCUT2D eigenvalue weighted by Crippen LogP contribution is -2.52. The molecule has 9 heteroatoms. The topological polar surface area (TPSA) is 100 Å². The molecule has 0 aliphatic carbocycles. The van der Waals surface area contributed by atoms with Crippen molar-refractivity contribution in [2.45, 2.75) is 45.1 Å². The van der Waals surface area contributed by atoms with E-state index in [4.69, 9.17) is 4.74 Å². The maximum absolute atomic E-state index is 13.5. The number of ketones is 1. The first kappa shape index (κ1) is 23.7. The molecule has 2 aromatic rings. The number of rotatable bonds is 7. The summed E-state index contributed by atoms with van der Waals surface area (Å²) in [6, 6.07) is 11.2. The van der Waals surface area contributed by atoms with Gasteiger partial charge in [-0.3, -0.25) is 4.79 Å². The number of nitrogens with zero attached hydrogens (tertiary/aromatic N) is 3. The van der Waals surface area contributed by atoms with Crippen LogP contribution >= 0.6 is 0 Å². The summed E-state index contributed by atoms with van der Waals surface area (Å²) in [5.41, 5.74) is 1.88. The Kier molecular flexibility index (Phi) is 7.02. The first-order valence-electron chi connectivity index (χ1n) is 11.4. The van der Waals surface area contributed by atoms with Crippen LogP contribution in [0.3, 0.4) is 0 Å². The number of benzene rings is 1. The van der Waals surface area contributed by atoms with Crippen molar-refractivity contribution in [2.24, 2.45) is 5.92 Å². The van der Waals surface area contributed by atoms with Gasteiger partial charge in [0.25, 0.3) is 0 Å². The third-order valence-electron chi connectivity index (χ3n) is 6.52. The monoisotopic (exact) mass is 473 g/mol. The van der Waals surface area contributed by atoms with Crippen molar-refractivity contribution in [2.75, 3.05) is 30.5 Å². The number of piperidine rings is 1. The molecule has 8 nitrogen and oxygen atoms in total. The van der Waals surface area contributed by atoms with Gasteiger partial charge < -0.3 is 9.84 Å². The Bertz CT molecular complexity index is 1080. The van der Waals surface area contributed by atoms with Crippen LogP contribution < -0.4 is 9.04 Å². The maximum Gasteiger partial charge on any atom is 0.304 e. The molecule has 2 aliphatic rings. The van der Waals surface area contributed by atoms with E-state index < -0.39 is 16.3 Å². The molecular formula is C24H31N3O5S. The first-order chi connectivity index (χ1) is 15.8. The van der Waals surface area contributed by atoms with E-state index in [-0.39, 0.29) is 37.2 Å². The number of ether oxygens (including phenoxy) is 1. The lowest BCUT2D eigenvalue weighted by atomic mass is 9.93. The van der Waals surface area contributed by atoms with Gasteiger partial charge in [-0.2, -0.15) is 12.7 Å². The number of fused-ring (bicyclic) bond motifs is 1. The van der Waals surface area contributed by atoms with Crippen molar-refractivity contribution in [3.8, 4) is 5.88 Å². The highest BCUT2D eigenvalue weighted by molar-refractivity contribution is 7.90. The van der Waals surface area contributed by atoms with E-state index in [2.05, 4.69) is 11.9 Å². The summed E-state index contributed by atoms with van der Waals surface area (Å²) in [5.74, 6) is 0.380. The number of aliphatic hydroxyl groups is 1. The Hall–Kier alpha value is -2.49. The third kappa shape index (κ3) is 5.05. The minimum Gasteiger partial charge on any atom is -0.468 e. The van der Waals surface area contributed by atoms with Crippen molar-refractivity contribution >= 4 is 21.7 Å². The number of Topliss-reactive ketones (excluding diaryl/α,β-unsaturated/α-hetero) is 1. The van der Waals surface area contributed by atoms with Crippen molar-refractivity contribution in [1.29, 1.82) is 0 Å². The summed E-state index contributed by atoms with van der Waals surface area (Å²) in [7, 11) is -3.82. The Morgan fingerprint density at radius 1 is 1.24 bits per heavy atom. The minimum absolute atomic E-state index is 0.00259. The molecule has 1 fully saturated rings. The third-order valence-corrected chi connectivity index (χ3v) is 8.44. The lowest BCUT2D eigenvalue weighted by molar-refractivity contribution is -0.119. The number of hydrogen-bond donors (Lipinski definition) is 1. The summed E-state index contributed by atoms with van der Waals surface area (Å²) in [5, 5.41) is 9.66. The van der Waals surface area contributed by atoms with E-state index in [9.17, 15) is 18.3 Å². The Morgan fingerprint density at radius 3 is 2.61 bits per heavy atom. The first-order valence-corrected chi connectivity index (χ1v) is 12.8. The van der Waals surface area contributed by atoms with Gasteiger partial charge >= 0.3 is 10.2 Å². The summed E-state index contributed by atoms with van der Waals surface area (Å²) < 4.78 is 35.5. The van der Waals surface area contributed by atoms with E-state index in [1.807, 2.05) is 37.3 Å². The zero-order valence-electron chi connectivity index (χ0n) is 19.1. The Morgan fingerprint density at radius 2 is 1.94 bits per heavy atom. The molecule has 0 spiro atoms. The van der Waals surface area contributed by atoms with Crippen LogP contribution in [-0.4, -0.2) is 60.9 Å². The maximum atomic E-state index is 13.5. The van der Waals surface area contributed by atoms with Gasteiger partial charge in [0, 0.05) is 31.6 Å². The SMILES string of the molecule is CC1CCN(S(=O)(=O)N2C[C@H](CO)Oc3ncc(CC(=O)[C@@H](C)c4ccccc4)cc32)CC1. The van der Waals surface area contributed by atoms with Crippen LogP contribution in [0.25, 0.3) is 0 Å². The molecule has 0 unspecified atom stereocenters. The molecule has 3 heterocycles. The molecule has 0 bridgehead atoms. The fourth-order valence-corrected chi connectivity index (χ4v) is 5.96. The Balaban J connectivity index is 1.60. The van der Waals surface area contributed by atoms with Gasteiger partial charge in [-0.15, -0.1) is 0 Å². The molecule has 1 aromatic carbocycles. The zero-order chi connectivity index (χ0) is 23.6. The number of carbonyl (C=O) groups is 1. The predicted octanol–water partition coefficient (Wildman–Crippen LogP) is 2.53. The fraction of sp³-hybridized carbons (Fsp3) is 0.500. The molecule has 178 valence electrons. The lowest BCUT2D eigenvalue weighted by Gasteiger charge is -2.39. The quantitative estimate of drug-likeness (QED) is 0.663. The molecule has 1 saturated heterocycles. The molecule has 2 aliphatic heterocycles. The van der Waals surface area contributed by atoms with Crippen molar-refractivity contribution in [1.82, 2.24) is 9.29 Å². The smallest absolute Gasteiger partial charge is 0.304 e. The number of carbonyl (C=O) groups excluding carboxylic acids is 1. The minimum atomic E-state index is -3.82. The van der Waals surface area contributed by atoms with E-state index >= 15 is 0 Å². The van der Waals surface area contributed by atoms with Gasteiger partial charge in [0.05, 0.1) is 13.2 Å². The van der Waals surface area contributed by atoms with E-state index in [1.165, 1.54) is 8.61 Å². The van der Waals surface area contributed by atoms with E-state index in [0.717, 1.165) is 18.4 Å². The number of aromatic nitrogens is 1. The van der Waals surface area contributed by atoms with E-state index in [1.54, 1.807) is 12.3 Å². The summed E-state index contributed by atoms with van der Waals surface area (Å²) in [6.45, 7) is 4.59. The molecule has 0 saturated carbocycles. The zero-order valence-corrected chi connectivity index (χ0v) is 19.9. The van der Waals surface area contributed by atoms with Crippen molar-refractivity contribution < 1.29 is 23.1 Å². The van der Waals surface area contributed by atoms with E-state index in [0.29, 0.717) is 30.3 Å². The van der Waals surface area contributed by atoms with Gasteiger partial charge in [-0.1, -0.05) is 44.2 Å². The molecular weight excluding hydrogens is 442 g/mol. The van der Waals surface area contributed by atoms with Crippen LogP contribution in [0, 0.1) is 5.92 Å². The predicted molar refractivity (Wildman–Crippen MR) is 126 cm³/mol. The Labute approximate surface area is 195 Å². The number of aliphatic hydroxyl groups excluding tert-OH is 1. The van der Waals surface area contributed by atoms with Crippen LogP contribution in [-0.2, 0) is 21.4 Å². The molecule has 0 radical (unpaired) electrons. The van der Waals surface area contributed by atoms with Crippen molar-refractivity contribution in [3.05, 3.63) is 53.7 Å². The highest BCUT2D eigenvalue weighted by Crippen LogP contribution is 2.36. The van der Waals surface area contributed by atoms with Crippen molar-refractivity contribution in [3.63, 3.8) is 0 Å². The summed E-state index contributed by atoms with van der Waals surface area (Å²) in [4.78, 5) is 17.2. The van der Waals surface area contributed by atoms with Crippen LogP contribution in [0.2, 0.25) is 0 Å². The second-order valence-electron chi connectivity index (χ2n) is 8.99. The van der Waals surface area contributed by atoms with Gasteiger partial charge in [0.2, 0.25) is 5.88 Å². The molecule has 33 heavy (non-hydrogen) atoms. The highest BCUT2D eigenvalue weighted by atomic mass is 32.2. The average Bonchev–Trinajstić information content (AvgIpc) is 2.83. The largest absolute Gasteiger partial charge is 0.468 e. The summed E-state index contributed by atoms with van der Waals surface area (Å²) in [6.07, 6.45) is 2.60. The second-order valence-corrected chi connectivity index (χ2v) is 10.8. The molecule has 4 rings (SSSR count). The van der Waals surface area contributed by atoms with Gasteiger partial charge in [0.15, 0.2) is 0 Å². The van der Waals surface area contributed by atoms with Gasteiger partial charge in [0.1, 0.15) is 17.6 Å². The molecule has 1 N–H and O–H groups in total. The molecule has 2 atom stereocenters. The standard InChI is InChI=1S/C24H31N3O5S/c1-17-8-10-26(11-9-17)33(30,31)27-15-21(16-28)32-24-22(27)12-19(14-25-24)13-23(29)18(2)20-6-4-3-5-7-20/h3-7,12,14,17-18,21,28H,8-11,13,15-16H2,1-2H3/t18-,21+/m0/s1. The van der Waals surface area contributed by atoms with Gasteiger partial charge in [-0.05, 0) is 36.0 Å². The van der Waals surface area contributed by atoms with Crippen LogP contribution in [0.1, 0.15) is 43.7 Å². The fourth-order valence-electron chi connectivity index (χ4n) is 4.28. The number of pyridine rings is 1. The van der Waals surface area contributed by atoms with Crippen LogP contribution in [0.5, 0.6) is 5.88 Å². The molecule has 1 aromatic heterocycles. The van der Waals surface area contributed by atoms with Crippen LogP contribution in [0.15, 0.2) is 42.6 Å². The normalized spacial score (nSPS) is 20.7. The number of anilines is 1. The second kappa shape index (κ2) is 9.79. The average molecular weight is 474 g/mol. The molecule has 0 amide bonds. The van der Waals surface area contributed by atoms with Crippen LogP contribution in [0.4, 0.5) is 5.69 Å². The summed E-state index contributed by atoms with van der Waals surface area (Å²) >= 11 is 0. The number of hydrogen-bond acceptors (Lipinski definition) is 6.